The van der Waals surface area contributed by atoms with Gasteiger partial charge in [-0.05, 0) is 22.4 Å². The Morgan fingerprint density at radius 3 is 2.71 bits per heavy atom. The molecule has 1 atom stereocenters. The molecule has 1 heterocycles. The highest BCUT2D eigenvalue weighted by molar-refractivity contribution is 7.17. The summed E-state index contributed by atoms with van der Waals surface area (Å²) in [5.41, 5.74) is 2.84. The summed E-state index contributed by atoms with van der Waals surface area (Å²) in [5.74, 6) is 5.23. The van der Waals surface area contributed by atoms with E-state index < -0.39 is 18.6 Å². The average molecular weight is 260 g/mol. The lowest BCUT2D eigenvalue weighted by atomic mass is 10.0. The molecule has 3 N–H and O–H groups in total. The van der Waals surface area contributed by atoms with Crippen molar-refractivity contribution in [1.82, 2.24) is 5.43 Å². The van der Waals surface area contributed by atoms with Crippen molar-refractivity contribution in [1.29, 1.82) is 0 Å². The van der Waals surface area contributed by atoms with Crippen LogP contribution in [0.4, 0.5) is 13.2 Å². The fraction of sp³-hybridized carbons (Fsp3) is 0.273. The maximum absolute atomic E-state index is 12.4. The zero-order valence-electron chi connectivity index (χ0n) is 8.79. The van der Waals surface area contributed by atoms with E-state index in [0.717, 1.165) is 10.1 Å². The summed E-state index contributed by atoms with van der Waals surface area (Å²) in [5, 5.41) is 2.80. The van der Waals surface area contributed by atoms with Gasteiger partial charge >= 0.3 is 6.18 Å². The topological polar surface area (TPSA) is 38.0 Å². The fourth-order valence-corrected chi connectivity index (χ4v) is 2.75. The van der Waals surface area contributed by atoms with Crippen LogP contribution in [0.15, 0.2) is 29.6 Å². The maximum atomic E-state index is 12.4. The van der Waals surface area contributed by atoms with Gasteiger partial charge in [0, 0.05) is 4.70 Å². The number of nitrogens with two attached hydrogens (primary N) is 1. The number of hydrazine groups is 1. The van der Waals surface area contributed by atoms with E-state index >= 15 is 0 Å². The number of alkyl halides is 3. The molecule has 0 spiro atoms. The van der Waals surface area contributed by atoms with Gasteiger partial charge in [0.25, 0.3) is 0 Å². The van der Waals surface area contributed by atoms with E-state index in [2.05, 4.69) is 5.43 Å². The summed E-state index contributed by atoms with van der Waals surface area (Å²) in [6, 6.07) is 6.26. The minimum Gasteiger partial charge on any atom is -0.271 e. The van der Waals surface area contributed by atoms with Crippen molar-refractivity contribution >= 4 is 21.4 Å². The van der Waals surface area contributed by atoms with E-state index in [-0.39, 0.29) is 0 Å². The van der Waals surface area contributed by atoms with Gasteiger partial charge in [-0.15, -0.1) is 11.3 Å². The van der Waals surface area contributed by atoms with E-state index in [1.165, 1.54) is 11.3 Å². The Labute approximate surface area is 100 Å². The van der Waals surface area contributed by atoms with Gasteiger partial charge in [0.05, 0.1) is 12.5 Å². The Bertz CT molecular complexity index is 507. The van der Waals surface area contributed by atoms with Crippen molar-refractivity contribution in [3.63, 3.8) is 0 Å². The van der Waals surface area contributed by atoms with Crippen LogP contribution in [0.3, 0.4) is 0 Å². The Balaban J connectivity index is 2.39. The molecule has 2 nitrogen and oxygen atoms in total. The van der Waals surface area contributed by atoms with Gasteiger partial charge in [-0.25, -0.2) is 0 Å². The van der Waals surface area contributed by atoms with Gasteiger partial charge in [-0.2, -0.15) is 13.2 Å². The molecule has 0 bridgehead atoms. The third kappa shape index (κ3) is 2.77. The minimum absolute atomic E-state index is 0.595. The highest BCUT2D eigenvalue weighted by atomic mass is 32.1. The number of nitrogens with one attached hydrogen (secondary N) is 1. The molecule has 0 fully saturated rings. The smallest absolute Gasteiger partial charge is 0.271 e. The van der Waals surface area contributed by atoms with Crippen LogP contribution in [0.5, 0.6) is 0 Å². The van der Waals surface area contributed by atoms with Crippen molar-refractivity contribution in [2.24, 2.45) is 5.84 Å². The summed E-state index contributed by atoms with van der Waals surface area (Å²) in [6.45, 7) is 0. The van der Waals surface area contributed by atoms with E-state index in [9.17, 15) is 13.2 Å². The molecule has 1 aromatic heterocycles. The summed E-state index contributed by atoms with van der Waals surface area (Å²) in [7, 11) is 0. The second-order valence-electron chi connectivity index (χ2n) is 3.72. The van der Waals surface area contributed by atoms with Crippen molar-refractivity contribution in [2.75, 3.05) is 0 Å². The van der Waals surface area contributed by atoms with Crippen LogP contribution in [0.1, 0.15) is 18.0 Å². The molecule has 0 aliphatic rings. The molecule has 6 heteroatoms. The SMILES string of the molecule is NNC(CC(F)(F)F)c1cccc2ccsc12. The number of hydrogen-bond acceptors (Lipinski definition) is 3. The summed E-state index contributed by atoms with van der Waals surface area (Å²) < 4.78 is 38.1. The van der Waals surface area contributed by atoms with E-state index in [1.807, 2.05) is 17.5 Å². The summed E-state index contributed by atoms with van der Waals surface area (Å²) >= 11 is 1.42. The molecular formula is C11H11F3N2S. The zero-order chi connectivity index (χ0) is 12.5. The molecule has 17 heavy (non-hydrogen) atoms. The second-order valence-corrected chi connectivity index (χ2v) is 4.64. The molecule has 0 saturated carbocycles. The summed E-state index contributed by atoms with van der Waals surface area (Å²) in [4.78, 5) is 0. The molecule has 0 amide bonds. The zero-order valence-corrected chi connectivity index (χ0v) is 9.61. The van der Waals surface area contributed by atoms with E-state index in [1.54, 1.807) is 12.1 Å². The highest BCUT2D eigenvalue weighted by Crippen LogP contribution is 2.34. The molecule has 2 rings (SSSR count). The Hall–Kier alpha value is -1.11. The first kappa shape index (κ1) is 12.3. The van der Waals surface area contributed by atoms with Crippen LogP contribution in [0.2, 0.25) is 0 Å². The second kappa shape index (κ2) is 4.64. The van der Waals surface area contributed by atoms with Crippen LogP contribution >= 0.6 is 11.3 Å². The number of thiophene rings is 1. The molecule has 0 saturated heterocycles. The Morgan fingerprint density at radius 1 is 1.29 bits per heavy atom. The molecule has 0 radical (unpaired) electrons. The van der Waals surface area contributed by atoms with E-state index in [4.69, 9.17) is 5.84 Å². The van der Waals surface area contributed by atoms with Gasteiger partial charge in [0.15, 0.2) is 0 Å². The Kier molecular flexibility index (Phi) is 3.37. The fourth-order valence-electron chi connectivity index (χ4n) is 1.78. The lowest BCUT2D eigenvalue weighted by Gasteiger charge is -2.18. The van der Waals surface area contributed by atoms with Crippen LogP contribution in [-0.2, 0) is 0 Å². The summed E-state index contributed by atoms with van der Waals surface area (Å²) in [6.07, 6.45) is -5.21. The number of hydrogen-bond donors (Lipinski definition) is 2. The first-order chi connectivity index (χ1) is 8.01. The average Bonchev–Trinajstić information content (AvgIpc) is 2.72. The highest BCUT2D eigenvalue weighted by Gasteiger charge is 2.32. The molecule has 92 valence electrons. The monoisotopic (exact) mass is 260 g/mol. The van der Waals surface area contributed by atoms with Crippen molar-refractivity contribution in [2.45, 2.75) is 18.6 Å². The third-order valence-electron chi connectivity index (χ3n) is 2.52. The van der Waals surface area contributed by atoms with Crippen molar-refractivity contribution < 1.29 is 13.2 Å². The number of fused-ring (bicyclic) bond motifs is 1. The molecule has 1 unspecified atom stereocenters. The van der Waals surface area contributed by atoms with Gasteiger partial charge in [0.1, 0.15) is 0 Å². The molecular weight excluding hydrogens is 249 g/mol. The predicted molar refractivity (Wildman–Crippen MR) is 62.6 cm³/mol. The van der Waals surface area contributed by atoms with Gasteiger partial charge in [-0.3, -0.25) is 11.3 Å². The van der Waals surface area contributed by atoms with Crippen LogP contribution in [-0.4, -0.2) is 6.18 Å². The lowest BCUT2D eigenvalue weighted by Crippen LogP contribution is -2.31. The molecule has 1 aromatic carbocycles. The van der Waals surface area contributed by atoms with Gasteiger partial charge in [0.2, 0.25) is 0 Å². The van der Waals surface area contributed by atoms with E-state index in [0.29, 0.717) is 5.56 Å². The Morgan fingerprint density at radius 2 is 2.06 bits per heavy atom. The largest absolute Gasteiger partial charge is 0.390 e. The standard InChI is InChI=1S/C11H11F3N2S/c12-11(13,14)6-9(16-15)8-3-1-2-7-4-5-17-10(7)8/h1-5,9,16H,6,15H2. The van der Waals surface area contributed by atoms with Crippen molar-refractivity contribution in [3.8, 4) is 0 Å². The first-order valence-electron chi connectivity index (χ1n) is 5.00. The maximum Gasteiger partial charge on any atom is 0.390 e. The van der Waals surface area contributed by atoms with Gasteiger partial charge < -0.3 is 0 Å². The van der Waals surface area contributed by atoms with Crippen molar-refractivity contribution in [3.05, 3.63) is 35.2 Å². The minimum atomic E-state index is -4.24. The molecule has 0 aliphatic carbocycles. The number of halogens is 3. The third-order valence-corrected chi connectivity index (χ3v) is 3.50. The quantitative estimate of drug-likeness (QED) is 0.656. The number of benzene rings is 1. The number of rotatable bonds is 3. The normalized spacial score (nSPS) is 14.1. The molecule has 2 aromatic rings. The van der Waals surface area contributed by atoms with Crippen LogP contribution < -0.4 is 11.3 Å². The molecule has 0 aliphatic heterocycles. The predicted octanol–water partition coefficient (Wildman–Crippen LogP) is 3.36. The lowest BCUT2D eigenvalue weighted by molar-refractivity contribution is -0.140. The first-order valence-corrected chi connectivity index (χ1v) is 5.88. The van der Waals surface area contributed by atoms with Crippen LogP contribution in [0.25, 0.3) is 10.1 Å². The van der Waals surface area contributed by atoms with Gasteiger partial charge in [-0.1, -0.05) is 18.2 Å². The van der Waals surface area contributed by atoms with Crippen LogP contribution in [0, 0.1) is 0 Å².